The van der Waals surface area contributed by atoms with Crippen molar-refractivity contribution in [3.05, 3.63) is 51.4 Å². The molecule has 0 bridgehead atoms. The van der Waals surface area contributed by atoms with Gasteiger partial charge in [0.25, 0.3) is 5.56 Å². The number of hydrogen-bond acceptors (Lipinski definition) is 3. The number of fused-ring (bicyclic) bond motifs is 1. The summed E-state index contributed by atoms with van der Waals surface area (Å²) in [6.45, 7) is 2.04. The minimum Gasteiger partial charge on any atom is -0.493 e. The molecule has 108 valence electrons. The van der Waals surface area contributed by atoms with Gasteiger partial charge in [-0.3, -0.25) is 4.79 Å². The van der Waals surface area contributed by atoms with Gasteiger partial charge < -0.3 is 10.1 Å². The number of rotatable bonds is 3. The molecule has 5 nitrogen and oxygen atoms in total. The quantitative estimate of drug-likeness (QED) is 0.781. The Morgan fingerprint density at radius 3 is 2.86 bits per heavy atom. The molecule has 1 aromatic carbocycles. The van der Waals surface area contributed by atoms with Crippen LogP contribution < -0.4 is 5.56 Å². The molecular formula is C15H14ClN3O2. The molecule has 0 aliphatic carbocycles. The third kappa shape index (κ3) is 2.29. The molecule has 2 aromatic heterocycles. The average molecular weight is 304 g/mol. The van der Waals surface area contributed by atoms with Crippen LogP contribution in [0.15, 0.2) is 35.1 Å². The maximum absolute atomic E-state index is 12.3. The van der Waals surface area contributed by atoms with E-state index in [0.29, 0.717) is 16.2 Å². The lowest BCUT2D eigenvalue weighted by Crippen LogP contribution is -2.12. The van der Waals surface area contributed by atoms with E-state index in [2.05, 4.69) is 10.1 Å². The van der Waals surface area contributed by atoms with E-state index in [-0.39, 0.29) is 11.4 Å². The number of aromatic hydroxyl groups is 1. The third-order valence-electron chi connectivity index (χ3n) is 3.30. The molecule has 2 heterocycles. The Morgan fingerprint density at radius 1 is 1.38 bits per heavy atom. The molecule has 0 saturated carbocycles. The highest BCUT2D eigenvalue weighted by atomic mass is 35.5. The van der Waals surface area contributed by atoms with Gasteiger partial charge in [-0.05, 0) is 12.5 Å². The topological polar surface area (TPSA) is 70.4 Å². The molecule has 21 heavy (non-hydrogen) atoms. The Bertz CT molecular complexity index is 867. The van der Waals surface area contributed by atoms with Crippen molar-refractivity contribution < 1.29 is 5.11 Å². The van der Waals surface area contributed by atoms with Gasteiger partial charge in [0.15, 0.2) is 0 Å². The van der Waals surface area contributed by atoms with Crippen molar-refractivity contribution >= 4 is 17.2 Å². The largest absolute Gasteiger partial charge is 0.493 e. The van der Waals surface area contributed by atoms with Crippen molar-refractivity contribution in [2.24, 2.45) is 0 Å². The summed E-state index contributed by atoms with van der Waals surface area (Å²) < 4.78 is 1.34. The highest BCUT2D eigenvalue weighted by molar-refractivity contribution is 6.33. The van der Waals surface area contributed by atoms with Gasteiger partial charge in [0, 0.05) is 16.7 Å². The molecule has 0 fully saturated rings. The molecule has 0 amide bonds. The Morgan fingerprint density at radius 2 is 2.14 bits per heavy atom. The van der Waals surface area contributed by atoms with Crippen LogP contribution in [-0.4, -0.2) is 19.7 Å². The average Bonchev–Trinajstić information content (AvgIpc) is 2.84. The van der Waals surface area contributed by atoms with Gasteiger partial charge in [-0.2, -0.15) is 9.61 Å². The van der Waals surface area contributed by atoms with E-state index >= 15 is 0 Å². The summed E-state index contributed by atoms with van der Waals surface area (Å²) in [6, 6.07) is 8.65. The lowest BCUT2D eigenvalue weighted by atomic mass is 10.1. The lowest BCUT2D eigenvalue weighted by molar-refractivity contribution is 0.436. The number of nitrogens with zero attached hydrogens (tertiary/aromatic N) is 2. The molecule has 0 aliphatic heterocycles. The van der Waals surface area contributed by atoms with Crippen LogP contribution in [0.5, 0.6) is 5.88 Å². The van der Waals surface area contributed by atoms with Crippen LogP contribution in [0.1, 0.15) is 19.0 Å². The van der Waals surface area contributed by atoms with Gasteiger partial charge in [-0.25, -0.2) is 0 Å². The first-order valence-electron chi connectivity index (χ1n) is 6.70. The number of hydrogen-bond donors (Lipinski definition) is 2. The minimum atomic E-state index is -0.393. The van der Waals surface area contributed by atoms with E-state index in [9.17, 15) is 9.90 Å². The fourth-order valence-corrected chi connectivity index (χ4v) is 2.58. The molecule has 2 N–H and O–H groups in total. The second-order valence-corrected chi connectivity index (χ2v) is 5.22. The summed E-state index contributed by atoms with van der Waals surface area (Å²) in [6.07, 6.45) is 1.72. The number of H-pyrrole nitrogens is 1. The summed E-state index contributed by atoms with van der Waals surface area (Å²) in [5, 5.41) is 15.1. The van der Waals surface area contributed by atoms with Crippen LogP contribution >= 0.6 is 11.6 Å². The summed E-state index contributed by atoms with van der Waals surface area (Å²) in [5.41, 5.74) is 1.50. The van der Waals surface area contributed by atoms with Gasteiger partial charge in [-0.1, -0.05) is 43.1 Å². The fourth-order valence-electron chi connectivity index (χ4n) is 2.35. The van der Waals surface area contributed by atoms with Crippen LogP contribution in [0.2, 0.25) is 5.02 Å². The van der Waals surface area contributed by atoms with Crippen LogP contribution in [0.4, 0.5) is 0 Å². The molecule has 3 rings (SSSR count). The van der Waals surface area contributed by atoms with Gasteiger partial charge in [-0.15, -0.1) is 0 Å². The highest BCUT2D eigenvalue weighted by Gasteiger charge is 2.17. The van der Waals surface area contributed by atoms with Crippen molar-refractivity contribution in [2.75, 3.05) is 0 Å². The monoisotopic (exact) mass is 303 g/mol. The SMILES string of the molecule is CCCc1cc2[nH]c(=O)c(-c3ccccc3Cl)c(O)n2n1. The van der Waals surface area contributed by atoms with Crippen molar-refractivity contribution in [3.63, 3.8) is 0 Å². The molecule has 0 radical (unpaired) electrons. The molecule has 0 unspecified atom stereocenters. The first kappa shape index (κ1) is 13.7. The lowest BCUT2D eigenvalue weighted by Gasteiger charge is -2.07. The molecule has 3 aromatic rings. The second kappa shape index (κ2) is 5.26. The number of nitrogens with one attached hydrogen (secondary N) is 1. The summed E-state index contributed by atoms with van der Waals surface area (Å²) >= 11 is 6.12. The van der Waals surface area contributed by atoms with Crippen LogP contribution in [0.25, 0.3) is 16.8 Å². The third-order valence-corrected chi connectivity index (χ3v) is 3.63. The number of aromatic amines is 1. The smallest absolute Gasteiger partial charge is 0.262 e. The zero-order valence-corrected chi connectivity index (χ0v) is 12.2. The van der Waals surface area contributed by atoms with E-state index in [1.54, 1.807) is 30.3 Å². The van der Waals surface area contributed by atoms with Gasteiger partial charge in [0.05, 0.1) is 5.69 Å². The normalized spacial score (nSPS) is 11.1. The zero-order chi connectivity index (χ0) is 15.0. The first-order chi connectivity index (χ1) is 10.1. The molecule has 0 atom stereocenters. The van der Waals surface area contributed by atoms with Crippen molar-refractivity contribution in [3.8, 4) is 17.0 Å². The zero-order valence-electron chi connectivity index (χ0n) is 11.4. The maximum Gasteiger partial charge on any atom is 0.262 e. The van der Waals surface area contributed by atoms with Crippen molar-refractivity contribution in [2.45, 2.75) is 19.8 Å². The van der Waals surface area contributed by atoms with Crippen LogP contribution in [0.3, 0.4) is 0 Å². The minimum absolute atomic E-state index is 0.124. The van der Waals surface area contributed by atoms with E-state index in [1.165, 1.54) is 4.52 Å². The van der Waals surface area contributed by atoms with Gasteiger partial charge in [0.1, 0.15) is 11.2 Å². The van der Waals surface area contributed by atoms with Gasteiger partial charge >= 0.3 is 0 Å². The molecule has 6 heteroatoms. The molecule has 0 saturated heterocycles. The summed E-state index contributed by atoms with van der Waals surface area (Å²) in [4.78, 5) is 15.0. The Kier molecular flexibility index (Phi) is 3.43. The Labute approximate surface area is 125 Å². The van der Waals surface area contributed by atoms with Gasteiger partial charge in [0.2, 0.25) is 5.88 Å². The fraction of sp³-hybridized carbons (Fsp3) is 0.200. The molecule has 0 aliphatic rings. The Balaban J connectivity index is 2.29. The molecule has 0 spiro atoms. The van der Waals surface area contributed by atoms with Crippen LogP contribution in [-0.2, 0) is 6.42 Å². The van der Waals surface area contributed by atoms with E-state index in [4.69, 9.17) is 11.6 Å². The second-order valence-electron chi connectivity index (χ2n) is 4.82. The summed E-state index contributed by atoms with van der Waals surface area (Å²) in [7, 11) is 0. The number of benzene rings is 1. The number of aryl methyl sites for hydroxylation is 1. The number of aromatic nitrogens is 3. The standard InChI is InChI=1S/C15H14ClN3O2/c1-2-5-9-8-12-17-14(20)13(15(21)19(12)18-9)10-6-3-4-7-11(10)16/h3-4,6-8,21H,2,5H2,1H3,(H,17,20). The first-order valence-corrected chi connectivity index (χ1v) is 7.08. The van der Waals surface area contributed by atoms with Crippen molar-refractivity contribution in [1.29, 1.82) is 0 Å². The molecular weight excluding hydrogens is 290 g/mol. The van der Waals surface area contributed by atoms with Crippen LogP contribution in [0, 0.1) is 0 Å². The highest BCUT2D eigenvalue weighted by Crippen LogP contribution is 2.31. The predicted octanol–water partition coefficient (Wildman–Crippen LogP) is 3.00. The van der Waals surface area contributed by atoms with E-state index in [1.807, 2.05) is 6.92 Å². The van der Waals surface area contributed by atoms with E-state index in [0.717, 1.165) is 18.5 Å². The number of halogens is 1. The summed E-state index contributed by atoms with van der Waals surface area (Å²) in [5.74, 6) is -0.204. The van der Waals surface area contributed by atoms with E-state index < -0.39 is 5.56 Å². The maximum atomic E-state index is 12.3. The predicted molar refractivity (Wildman–Crippen MR) is 81.9 cm³/mol. The Hall–Kier alpha value is -2.27. The van der Waals surface area contributed by atoms with Crippen molar-refractivity contribution in [1.82, 2.24) is 14.6 Å².